The maximum atomic E-state index is 12.3. The van der Waals surface area contributed by atoms with Crippen molar-refractivity contribution >= 4 is 37.3 Å². The Morgan fingerprint density at radius 2 is 2.20 bits per heavy atom. The molecule has 2 N–H and O–H groups in total. The smallest absolute Gasteiger partial charge is 0.242 e. The van der Waals surface area contributed by atoms with E-state index in [1.807, 2.05) is 6.92 Å². The molecule has 0 aliphatic heterocycles. The van der Waals surface area contributed by atoms with E-state index in [0.29, 0.717) is 10.0 Å². The summed E-state index contributed by atoms with van der Waals surface area (Å²) in [5.74, 6) is 0. The summed E-state index contributed by atoms with van der Waals surface area (Å²) >= 11 is 4.63. The van der Waals surface area contributed by atoms with E-state index >= 15 is 0 Å². The maximum Gasteiger partial charge on any atom is 0.242 e. The van der Waals surface area contributed by atoms with Crippen LogP contribution in [0.5, 0.6) is 0 Å². The highest BCUT2D eigenvalue weighted by Gasteiger charge is 2.18. The summed E-state index contributed by atoms with van der Waals surface area (Å²) in [5.41, 5.74) is 3.05. The fourth-order valence-corrected chi connectivity index (χ4v) is 4.40. The van der Waals surface area contributed by atoms with E-state index in [0.717, 1.165) is 10.6 Å². The van der Waals surface area contributed by atoms with E-state index < -0.39 is 10.0 Å². The van der Waals surface area contributed by atoms with Crippen molar-refractivity contribution in [2.45, 2.75) is 25.0 Å². The topological polar surface area (TPSA) is 79.3 Å². The molecule has 0 bridgehead atoms. The fourth-order valence-electron chi connectivity index (χ4n) is 1.59. The minimum Gasteiger partial charge on any atom is -0.392 e. The molecule has 0 atom stereocenters. The molecule has 2 rings (SSSR count). The zero-order valence-corrected chi connectivity index (χ0v) is 13.8. The average molecular weight is 377 g/mol. The first kappa shape index (κ1) is 15.6. The second kappa shape index (κ2) is 6.31. The van der Waals surface area contributed by atoms with Crippen LogP contribution in [0.4, 0.5) is 0 Å². The first-order chi connectivity index (χ1) is 9.44. The van der Waals surface area contributed by atoms with Crippen molar-refractivity contribution in [3.8, 4) is 0 Å². The molecule has 2 aromatic rings. The van der Waals surface area contributed by atoms with Gasteiger partial charge in [-0.1, -0.05) is 6.07 Å². The number of aliphatic hydroxyl groups is 1. The highest BCUT2D eigenvalue weighted by molar-refractivity contribution is 9.10. The molecule has 0 aliphatic carbocycles. The number of nitrogens with one attached hydrogen (secondary N) is 1. The van der Waals surface area contributed by atoms with Crippen molar-refractivity contribution in [3.05, 3.63) is 44.3 Å². The first-order valence-corrected chi connectivity index (χ1v) is 8.87. The zero-order valence-electron chi connectivity index (χ0n) is 10.6. The van der Waals surface area contributed by atoms with Crippen LogP contribution < -0.4 is 4.72 Å². The Labute approximate surface area is 129 Å². The number of hydrogen-bond donors (Lipinski definition) is 2. The Hall–Kier alpha value is -0.800. The number of aryl methyl sites for hydroxylation is 1. The number of aromatic nitrogens is 1. The Morgan fingerprint density at radius 1 is 1.45 bits per heavy atom. The molecule has 1 heterocycles. The summed E-state index contributed by atoms with van der Waals surface area (Å²) in [4.78, 5) is 5.07. The molecule has 0 spiro atoms. The molecule has 8 heteroatoms. The van der Waals surface area contributed by atoms with Crippen LogP contribution in [0.2, 0.25) is 0 Å². The Bertz CT molecular complexity index is 713. The SMILES string of the molecule is Cc1ncsc1CNS(=O)(=O)c1cc(CO)ccc1Br. The third-order valence-corrected chi connectivity index (χ3v) is 6.07. The lowest BCUT2D eigenvalue weighted by molar-refractivity contribution is 0.281. The largest absolute Gasteiger partial charge is 0.392 e. The van der Waals surface area contributed by atoms with Gasteiger partial charge >= 0.3 is 0 Å². The van der Waals surface area contributed by atoms with Gasteiger partial charge in [-0.15, -0.1) is 11.3 Å². The monoisotopic (exact) mass is 376 g/mol. The molecule has 0 saturated heterocycles. The summed E-state index contributed by atoms with van der Waals surface area (Å²) in [6.45, 7) is 1.83. The summed E-state index contributed by atoms with van der Waals surface area (Å²) < 4.78 is 27.6. The molecule has 0 unspecified atom stereocenters. The van der Waals surface area contributed by atoms with Crippen molar-refractivity contribution < 1.29 is 13.5 Å². The van der Waals surface area contributed by atoms with Crippen LogP contribution in [0, 0.1) is 6.92 Å². The van der Waals surface area contributed by atoms with E-state index in [1.165, 1.54) is 17.4 Å². The lowest BCUT2D eigenvalue weighted by atomic mass is 10.2. The van der Waals surface area contributed by atoms with Gasteiger partial charge in [0, 0.05) is 15.9 Å². The van der Waals surface area contributed by atoms with Crippen molar-refractivity contribution in [1.82, 2.24) is 9.71 Å². The van der Waals surface area contributed by atoms with Crippen LogP contribution in [0.1, 0.15) is 16.1 Å². The lowest BCUT2D eigenvalue weighted by Gasteiger charge is -2.09. The van der Waals surface area contributed by atoms with E-state index in [4.69, 9.17) is 5.11 Å². The fraction of sp³-hybridized carbons (Fsp3) is 0.250. The number of benzene rings is 1. The van der Waals surface area contributed by atoms with Gasteiger partial charge in [0.25, 0.3) is 0 Å². The van der Waals surface area contributed by atoms with Crippen LogP contribution in [0.3, 0.4) is 0 Å². The molecular formula is C12H13BrN2O3S2. The van der Waals surface area contributed by atoms with Crippen molar-refractivity contribution in [2.75, 3.05) is 0 Å². The molecule has 0 radical (unpaired) electrons. The highest BCUT2D eigenvalue weighted by Crippen LogP contribution is 2.24. The normalized spacial score (nSPS) is 11.8. The van der Waals surface area contributed by atoms with E-state index in [1.54, 1.807) is 17.6 Å². The molecule has 0 saturated carbocycles. The minimum absolute atomic E-state index is 0.117. The second-order valence-electron chi connectivity index (χ2n) is 4.11. The van der Waals surface area contributed by atoms with E-state index in [-0.39, 0.29) is 18.0 Å². The van der Waals surface area contributed by atoms with E-state index in [2.05, 4.69) is 25.6 Å². The number of hydrogen-bond acceptors (Lipinski definition) is 5. The third kappa shape index (κ3) is 3.44. The van der Waals surface area contributed by atoms with Gasteiger partial charge in [-0.05, 0) is 40.5 Å². The molecule has 1 aromatic heterocycles. The number of rotatable bonds is 5. The summed E-state index contributed by atoms with van der Waals surface area (Å²) in [6.07, 6.45) is 0. The van der Waals surface area contributed by atoms with Gasteiger partial charge in [-0.3, -0.25) is 0 Å². The summed E-state index contributed by atoms with van der Waals surface area (Å²) in [7, 11) is -3.65. The van der Waals surface area contributed by atoms with E-state index in [9.17, 15) is 8.42 Å². The van der Waals surface area contributed by atoms with Crippen molar-refractivity contribution in [3.63, 3.8) is 0 Å². The van der Waals surface area contributed by atoms with Gasteiger partial charge in [0.2, 0.25) is 10.0 Å². The molecule has 1 aromatic carbocycles. The number of nitrogens with zero attached hydrogens (tertiary/aromatic N) is 1. The predicted octanol–water partition coefficient (Wildman–Crippen LogP) is 2.18. The van der Waals surface area contributed by atoms with Crippen molar-refractivity contribution in [2.24, 2.45) is 0 Å². The molecular weight excluding hydrogens is 364 g/mol. The number of aliphatic hydroxyl groups excluding tert-OH is 1. The van der Waals surface area contributed by atoms with Crippen LogP contribution in [-0.2, 0) is 23.2 Å². The van der Waals surface area contributed by atoms with Crippen LogP contribution >= 0.6 is 27.3 Å². The van der Waals surface area contributed by atoms with Crippen LogP contribution in [0.15, 0.2) is 33.1 Å². The minimum atomic E-state index is -3.65. The Morgan fingerprint density at radius 3 is 2.80 bits per heavy atom. The third-order valence-electron chi connectivity index (χ3n) is 2.74. The zero-order chi connectivity index (χ0) is 14.8. The predicted molar refractivity (Wildman–Crippen MR) is 80.9 cm³/mol. The first-order valence-electron chi connectivity index (χ1n) is 5.72. The van der Waals surface area contributed by atoms with Gasteiger partial charge in [0.1, 0.15) is 0 Å². The number of thiazole rings is 1. The summed E-state index contributed by atoms with van der Waals surface area (Å²) in [6, 6.07) is 4.72. The number of sulfonamides is 1. The van der Waals surface area contributed by atoms with Crippen LogP contribution in [0.25, 0.3) is 0 Å². The molecule has 5 nitrogen and oxygen atoms in total. The van der Waals surface area contributed by atoms with Crippen LogP contribution in [-0.4, -0.2) is 18.5 Å². The van der Waals surface area contributed by atoms with Crippen molar-refractivity contribution in [1.29, 1.82) is 0 Å². The molecule has 20 heavy (non-hydrogen) atoms. The molecule has 0 fully saturated rings. The molecule has 0 aliphatic rings. The molecule has 0 amide bonds. The highest BCUT2D eigenvalue weighted by atomic mass is 79.9. The average Bonchev–Trinajstić information content (AvgIpc) is 2.82. The standard InChI is InChI=1S/C12H13BrN2O3S2/c1-8-11(19-7-14-8)5-15-20(17,18)12-4-9(6-16)2-3-10(12)13/h2-4,7,15-16H,5-6H2,1H3. The Balaban J connectivity index is 2.24. The van der Waals surface area contributed by atoms with Gasteiger partial charge in [-0.2, -0.15) is 0 Å². The van der Waals surface area contributed by atoms with Gasteiger partial charge in [0.05, 0.1) is 22.7 Å². The maximum absolute atomic E-state index is 12.3. The van der Waals surface area contributed by atoms with Gasteiger partial charge in [0.15, 0.2) is 0 Å². The lowest BCUT2D eigenvalue weighted by Crippen LogP contribution is -2.23. The Kier molecular flexibility index (Phi) is 4.92. The number of halogens is 1. The second-order valence-corrected chi connectivity index (χ2v) is 7.64. The summed E-state index contributed by atoms with van der Waals surface area (Å²) in [5, 5.41) is 9.10. The van der Waals surface area contributed by atoms with Gasteiger partial charge < -0.3 is 5.11 Å². The molecule has 108 valence electrons. The van der Waals surface area contributed by atoms with Gasteiger partial charge in [-0.25, -0.2) is 18.1 Å². The quantitative estimate of drug-likeness (QED) is 0.837.